The van der Waals surface area contributed by atoms with Crippen molar-refractivity contribution in [2.45, 2.75) is 9.79 Å². The minimum Gasteiger partial charge on any atom is -0.506 e. The summed E-state index contributed by atoms with van der Waals surface area (Å²) in [4.78, 5) is -1.83. The smallest absolute Gasteiger partial charge is 0.296 e. The number of fused-ring (bicyclic) bond motifs is 1. The molecule has 0 bridgehead atoms. The molecule has 2 aromatic rings. The number of benzene rings is 2. The maximum Gasteiger partial charge on any atom is 0.296 e. The summed E-state index contributed by atoms with van der Waals surface area (Å²) in [6, 6.07) is 1.41. The van der Waals surface area contributed by atoms with Crippen molar-refractivity contribution in [3.8, 4) is 11.5 Å². The number of hydrogen-bond acceptors (Lipinski definition) is 6. The molecule has 0 heterocycles. The van der Waals surface area contributed by atoms with Gasteiger partial charge in [-0.1, -0.05) is 23.2 Å². The quantitative estimate of drug-likeness (QED) is 0.407. The first-order chi connectivity index (χ1) is 9.85. The zero-order valence-corrected chi connectivity index (χ0v) is 19.3. The summed E-state index contributed by atoms with van der Waals surface area (Å²) in [5, 5.41) is 17.4. The van der Waals surface area contributed by atoms with Gasteiger partial charge in [-0.25, -0.2) is 0 Å². The Hall–Kier alpha value is 0.700. The van der Waals surface area contributed by atoms with E-state index in [9.17, 15) is 27.0 Å². The first-order valence-corrected chi connectivity index (χ1v) is 8.81. The Labute approximate surface area is 190 Å². The van der Waals surface area contributed by atoms with Crippen LogP contribution in [-0.4, -0.2) is 95.3 Å². The molecule has 2 radical (unpaired) electrons. The standard InChI is InChI=1S/C10H6Cl2O8S2.2Na/c11-7-4(21(15,16)17)1-3-2-5(22(18,19)20)8(12)10(14)6(3)9(7)13;;/h1-2,13-14H,(H,15,16,17)(H,18,19,20);;. The number of halogens is 2. The molecule has 122 valence electrons. The summed E-state index contributed by atoms with van der Waals surface area (Å²) in [5.74, 6) is -1.87. The molecule has 0 amide bonds. The Balaban J connectivity index is 0.00000264. The third-order valence-corrected chi connectivity index (χ3v) is 5.48. The minimum absolute atomic E-state index is 0. The molecule has 8 nitrogen and oxygen atoms in total. The van der Waals surface area contributed by atoms with Gasteiger partial charge in [0, 0.05) is 59.1 Å². The molecule has 0 aromatic heterocycles. The van der Waals surface area contributed by atoms with E-state index in [-0.39, 0.29) is 64.5 Å². The van der Waals surface area contributed by atoms with Gasteiger partial charge < -0.3 is 10.2 Å². The van der Waals surface area contributed by atoms with E-state index in [1.807, 2.05) is 0 Å². The maximum atomic E-state index is 11.2. The zero-order chi connectivity index (χ0) is 17.0. The fraction of sp³-hybridized carbons (Fsp3) is 0. The molecule has 14 heteroatoms. The summed E-state index contributed by atoms with van der Waals surface area (Å²) in [7, 11) is -9.67. The van der Waals surface area contributed by atoms with E-state index in [1.54, 1.807) is 0 Å². The van der Waals surface area contributed by atoms with E-state index < -0.39 is 57.0 Å². The fourth-order valence-electron chi connectivity index (χ4n) is 1.81. The van der Waals surface area contributed by atoms with Crippen molar-refractivity contribution in [1.29, 1.82) is 0 Å². The van der Waals surface area contributed by atoms with Crippen LogP contribution in [0.25, 0.3) is 10.8 Å². The molecule has 2 aromatic carbocycles. The molecule has 0 unspecified atom stereocenters. The van der Waals surface area contributed by atoms with Gasteiger partial charge in [-0.2, -0.15) is 16.8 Å². The van der Waals surface area contributed by atoms with Gasteiger partial charge in [0.1, 0.15) is 31.3 Å². The molecule has 24 heavy (non-hydrogen) atoms. The molecule has 2 rings (SSSR count). The predicted octanol–water partition coefficient (Wildman–Crippen LogP) is 1.29. The second-order valence-corrected chi connectivity index (χ2v) is 7.66. The van der Waals surface area contributed by atoms with Gasteiger partial charge in [0.2, 0.25) is 0 Å². The van der Waals surface area contributed by atoms with Crippen LogP contribution in [0.3, 0.4) is 0 Å². The Morgan fingerprint density at radius 2 is 1.04 bits per heavy atom. The predicted molar refractivity (Wildman–Crippen MR) is 88.4 cm³/mol. The number of hydrogen-bond donors (Lipinski definition) is 4. The van der Waals surface area contributed by atoms with E-state index in [0.717, 1.165) is 0 Å². The molecular weight excluding hydrogens is 429 g/mol. The Morgan fingerprint density at radius 3 is 1.29 bits per heavy atom. The van der Waals surface area contributed by atoms with E-state index in [4.69, 9.17) is 32.3 Å². The summed E-state index contributed by atoms with van der Waals surface area (Å²) in [6.45, 7) is 0. The molecule has 0 fully saturated rings. The molecule has 0 saturated carbocycles. The number of rotatable bonds is 2. The van der Waals surface area contributed by atoms with Crippen molar-refractivity contribution in [1.82, 2.24) is 0 Å². The number of phenols is 2. The van der Waals surface area contributed by atoms with Gasteiger partial charge >= 0.3 is 0 Å². The molecule has 0 aliphatic heterocycles. The Morgan fingerprint density at radius 1 is 0.750 bits per heavy atom. The van der Waals surface area contributed by atoms with Gasteiger partial charge in [0.15, 0.2) is 0 Å². The van der Waals surface area contributed by atoms with Crippen LogP contribution in [0.4, 0.5) is 0 Å². The Kier molecular flexibility index (Phi) is 8.39. The molecular formula is C10H6Cl2Na2O8S2. The summed E-state index contributed by atoms with van der Waals surface area (Å²) >= 11 is 11.2. The minimum atomic E-state index is -4.84. The van der Waals surface area contributed by atoms with Gasteiger partial charge in [-0.05, 0) is 17.5 Å². The maximum absolute atomic E-state index is 11.2. The van der Waals surface area contributed by atoms with Crippen molar-refractivity contribution >= 4 is 113 Å². The van der Waals surface area contributed by atoms with Crippen LogP contribution >= 0.6 is 23.2 Å². The third-order valence-electron chi connectivity index (χ3n) is 2.74. The van der Waals surface area contributed by atoms with E-state index in [0.29, 0.717) is 12.1 Å². The van der Waals surface area contributed by atoms with Gasteiger partial charge in [-0.15, -0.1) is 0 Å². The van der Waals surface area contributed by atoms with Crippen molar-refractivity contribution in [2.75, 3.05) is 0 Å². The fourth-order valence-corrected chi connectivity index (χ4v) is 3.89. The van der Waals surface area contributed by atoms with Crippen LogP contribution in [-0.2, 0) is 20.2 Å². The van der Waals surface area contributed by atoms with Crippen LogP contribution in [0.1, 0.15) is 0 Å². The third kappa shape index (κ3) is 4.51. The van der Waals surface area contributed by atoms with Crippen LogP contribution in [0.5, 0.6) is 11.5 Å². The van der Waals surface area contributed by atoms with Crippen molar-refractivity contribution in [2.24, 2.45) is 0 Å². The van der Waals surface area contributed by atoms with Crippen LogP contribution < -0.4 is 0 Å². The second-order valence-electron chi connectivity index (χ2n) is 4.12. The summed E-state index contributed by atoms with van der Waals surface area (Å²) < 4.78 is 62.8. The van der Waals surface area contributed by atoms with Gasteiger partial charge in [0.25, 0.3) is 20.2 Å². The first-order valence-electron chi connectivity index (χ1n) is 5.17. The van der Waals surface area contributed by atoms with E-state index in [1.165, 1.54) is 0 Å². The van der Waals surface area contributed by atoms with Crippen LogP contribution in [0.2, 0.25) is 10.0 Å². The summed E-state index contributed by atoms with van der Waals surface area (Å²) in [5.41, 5.74) is 0. The van der Waals surface area contributed by atoms with Gasteiger partial charge in [-0.3, -0.25) is 9.11 Å². The summed E-state index contributed by atoms with van der Waals surface area (Å²) in [6.07, 6.45) is 0. The SMILES string of the molecule is O=S(=O)(O)c1cc2cc(S(=O)(=O)O)c(Cl)c(O)c2c(O)c1Cl.[Na].[Na]. The number of aromatic hydroxyl groups is 2. The van der Waals surface area contributed by atoms with Crippen LogP contribution in [0, 0.1) is 0 Å². The van der Waals surface area contributed by atoms with Crippen molar-refractivity contribution < 1.29 is 36.2 Å². The number of phenolic OH excluding ortho intramolecular Hbond substituents is 2. The van der Waals surface area contributed by atoms with E-state index >= 15 is 0 Å². The molecule has 4 N–H and O–H groups in total. The van der Waals surface area contributed by atoms with Crippen LogP contribution in [0.15, 0.2) is 21.9 Å². The normalized spacial score (nSPS) is 11.7. The average molecular weight is 435 g/mol. The molecule has 0 aliphatic carbocycles. The zero-order valence-electron chi connectivity index (χ0n) is 12.1. The van der Waals surface area contributed by atoms with Crippen molar-refractivity contribution in [3.05, 3.63) is 22.2 Å². The molecule has 0 spiro atoms. The largest absolute Gasteiger partial charge is 0.506 e. The molecule has 0 atom stereocenters. The first kappa shape index (κ1) is 24.7. The topological polar surface area (TPSA) is 149 Å². The second kappa shape index (κ2) is 8.15. The Bertz CT molecular complexity index is 943. The van der Waals surface area contributed by atoms with E-state index in [2.05, 4.69) is 0 Å². The van der Waals surface area contributed by atoms with Gasteiger partial charge in [0.05, 0.1) is 5.39 Å². The molecule has 0 saturated heterocycles. The van der Waals surface area contributed by atoms with Crippen molar-refractivity contribution in [3.63, 3.8) is 0 Å². The molecule has 0 aliphatic rings. The monoisotopic (exact) mass is 434 g/mol. The average Bonchev–Trinajstić information content (AvgIpc) is 2.34.